The Morgan fingerprint density at radius 2 is 1.74 bits per heavy atom. The molecule has 174 valence electrons. The number of halogens is 3. The molecule has 5 rings (SSSR count). The van der Waals surface area contributed by atoms with E-state index in [0.29, 0.717) is 22.8 Å². The molecule has 3 nitrogen and oxygen atoms in total. The summed E-state index contributed by atoms with van der Waals surface area (Å²) in [4.78, 5) is 0. The minimum atomic E-state index is -4.42. The van der Waals surface area contributed by atoms with E-state index >= 15 is 0 Å². The van der Waals surface area contributed by atoms with Gasteiger partial charge in [-0.25, -0.2) is 0 Å². The predicted molar refractivity (Wildman–Crippen MR) is 130 cm³/mol. The van der Waals surface area contributed by atoms with Gasteiger partial charge in [-0.1, -0.05) is 30.3 Å². The van der Waals surface area contributed by atoms with Crippen LogP contribution in [0.25, 0.3) is 28.5 Å². The van der Waals surface area contributed by atoms with Crippen molar-refractivity contribution in [2.45, 2.75) is 32.5 Å². The number of methoxy groups -OCH3 is 1. The zero-order valence-electron chi connectivity index (χ0n) is 19.3. The summed E-state index contributed by atoms with van der Waals surface area (Å²) in [7, 11) is 1.61. The lowest BCUT2D eigenvalue weighted by molar-refractivity contribution is -0.137. The number of allylic oxidation sites excluding steroid dienone is 1. The number of benzene rings is 3. The van der Waals surface area contributed by atoms with E-state index in [2.05, 4.69) is 25.2 Å². The molecule has 0 saturated carbocycles. The Bertz CT molecular complexity index is 1370. The van der Waals surface area contributed by atoms with Gasteiger partial charge in [-0.05, 0) is 68.3 Å². The number of hydrogen-bond acceptors (Lipinski definition) is 3. The molecule has 1 N–H and O–H groups in total. The molecule has 0 atom stereocenters. The van der Waals surface area contributed by atoms with Gasteiger partial charge in [0.05, 0.1) is 23.8 Å². The second-order valence-electron chi connectivity index (χ2n) is 9.15. The first-order chi connectivity index (χ1) is 16.1. The third-order valence-corrected chi connectivity index (χ3v) is 6.09. The molecule has 34 heavy (non-hydrogen) atoms. The van der Waals surface area contributed by atoms with Crippen molar-refractivity contribution in [2.75, 3.05) is 12.4 Å². The zero-order chi connectivity index (χ0) is 24.3. The van der Waals surface area contributed by atoms with Crippen LogP contribution in [0.15, 0.2) is 60.7 Å². The Morgan fingerprint density at radius 3 is 2.47 bits per heavy atom. The van der Waals surface area contributed by atoms with E-state index in [1.165, 1.54) is 6.07 Å². The summed E-state index contributed by atoms with van der Waals surface area (Å²) in [6.07, 6.45) is -0.604. The molecule has 0 aliphatic carbocycles. The fourth-order valence-corrected chi connectivity index (χ4v) is 4.84. The highest BCUT2D eigenvalue weighted by Gasteiger charge is 2.33. The largest absolute Gasteiger partial charge is 0.496 e. The molecule has 0 aromatic heterocycles. The van der Waals surface area contributed by atoms with Crippen LogP contribution in [0.1, 0.15) is 43.0 Å². The Morgan fingerprint density at radius 1 is 0.971 bits per heavy atom. The van der Waals surface area contributed by atoms with E-state index in [1.54, 1.807) is 19.3 Å². The molecule has 2 aliphatic heterocycles. The molecule has 3 aromatic carbocycles. The SMILES string of the molecule is COc1cccc2c1-c1ccc3c(c1/C(=C\c1cccc(C(F)(F)F)c1)O2)C(C)=CC(C)(C)N3. The number of fused-ring (bicyclic) bond motifs is 5. The standard InChI is InChI=1S/C28H24F3NO2/c1-16-15-27(2,3)32-20-12-11-19-25-21(33-4)9-6-10-22(25)34-23(26(19)24(16)20)14-17-7-5-8-18(13-17)28(29,30)31/h5-15,32H,1-4H3/b23-14+. The van der Waals surface area contributed by atoms with E-state index in [1.807, 2.05) is 37.3 Å². The van der Waals surface area contributed by atoms with Crippen molar-refractivity contribution in [3.05, 3.63) is 82.9 Å². The van der Waals surface area contributed by atoms with Crippen molar-refractivity contribution < 1.29 is 22.6 Å². The van der Waals surface area contributed by atoms with Crippen molar-refractivity contribution in [1.82, 2.24) is 0 Å². The summed E-state index contributed by atoms with van der Waals surface area (Å²) < 4.78 is 52.0. The van der Waals surface area contributed by atoms with Crippen molar-refractivity contribution in [2.24, 2.45) is 0 Å². The van der Waals surface area contributed by atoms with Gasteiger partial charge in [0.15, 0.2) is 0 Å². The molecule has 0 fully saturated rings. The maximum Gasteiger partial charge on any atom is 0.416 e. The third kappa shape index (κ3) is 3.73. The van der Waals surface area contributed by atoms with Gasteiger partial charge in [0.25, 0.3) is 0 Å². The van der Waals surface area contributed by atoms with Crippen molar-refractivity contribution >= 4 is 23.1 Å². The number of anilines is 1. The lowest BCUT2D eigenvalue weighted by atomic mass is 9.83. The fraction of sp³-hybridized carbons (Fsp3) is 0.214. The first kappa shape index (κ1) is 22.1. The molecule has 2 aliphatic rings. The van der Waals surface area contributed by atoms with Crippen LogP contribution >= 0.6 is 0 Å². The molecular formula is C28H24F3NO2. The average molecular weight is 463 g/mol. The molecule has 0 radical (unpaired) electrons. The third-order valence-electron chi connectivity index (χ3n) is 6.09. The van der Waals surface area contributed by atoms with Crippen LogP contribution in [-0.4, -0.2) is 12.6 Å². The van der Waals surface area contributed by atoms with Crippen molar-refractivity contribution in [3.63, 3.8) is 0 Å². The van der Waals surface area contributed by atoms with Gasteiger partial charge in [0.2, 0.25) is 0 Å². The quantitative estimate of drug-likeness (QED) is 0.419. The first-order valence-corrected chi connectivity index (χ1v) is 11.0. The number of nitrogens with one attached hydrogen (secondary N) is 1. The first-order valence-electron chi connectivity index (χ1n) is 11.0. The minimum absolute atomic E-state index is 0.235. The fourth-order valence-electron chi connectivity index (χ4n) is 4.84. The molecule has 3 aromatic rings. The topological polar surface area (TPSA) is 30.5 Å². The van der Waals surface area contributed by atoms with E-state index < -0.39 is 11.7 Å². The van der Waals surface area contributed by atoms with Crippen LogP contribution in [0.4, 0.5) is 18.9 Å². The van der Waals surface area contributed by atoms with Crippen molar-refractivity contribution in [3.8, 4) is 22.6 Å². The van der Waals surface area contributed by atoms with Crippen LogP contribution in [0.2, 0.25) is 0 Å². The second-order valence-corrected chi connectivity index (χ2v) is 9.15. The number of alkyl halides is 3. The second kappa shape index (κ2) is 7.69. The summed E-state index contributed by atoms with van der Waals surface area (Å²) in [6, 6.07) is 14.8. The van der Waals surface area contributed by atoms with E-state index in [9.17, 15) is 13.2 Å². The Kier molecular flexibility index (Phi) is 5.01. The molecule has 2 heterocycles. The molecule has 6 heteroatoms. The van der Waals surface area contributed by atoms with Gasteiger partial charge in [-0.3, -0.25) is 0 Å². The van der Waals surface area contributed by atoms with Gasteiger partial charge >= 0.3 is 6.18 Å². The van der Waals surface area contributed by atoms with Gasteiger partial charge in [-0.15, -0.1) is 0 Å². The molecule has 0 unspecified atom stereocenters. The van der Waals surface area contributed by atoms with Crippen LogP contribution in [-0.2, 0) is 6.18 Å². The smallest absolute Gasteiger partial charge is 0.416 e. The lowest BCUT2D eigenvalue weighted by Crippen LogP contribution is -2.32. The summed E-state index contributed by atoms with van der Waals surface area (Å²) in [6.45, 7) is 6.22. The normalized spacial score (nSPS) is 17.0. The van der Waals surface area contributed by atoms with Crippen LogP contribution in [0.3, 0.4) is 0 Å². The van der Waals surface area contributed by atoms with Gasteiger partial charge in [0, 0.05) is 22.4 Å². The van der Waals surface area contributed by atoms with Gasteiger partial charge in [-0.2, -0.15) is 13.2 Å². The number of hydrogen-bond donors (Lipinski definition) is 1. The number of rotatable bonds is 2. The van der Waals surface area contributed by atoms with Crippen LogP contribution in [0, 0.1) is 0 Å². The summed E-state index contributed by atoms with van der Waals surface area (Å²) >= 11 is 0. The van der Waals surface area contributed by atoms with Crippen LogP contribution < -0.4 is 14.8 Å². The van der Waals surface area contributed by atoms with Crippen LogP contribution in [0.5, 0.6) is 11.5 Å². The highest BCUT2D eigenvalue weighted by Crippen LogP contribution is 2.52. The molecule has 0 spiro atoms. The molecule has 0 saturated heterocycles. The Labute approximate surface area is 196 Å². The summed E-state index contributed by atoms with van der Waals surface area (Å²) in [5.41, 5.74) is 5.00. The van der Waals surface area contributed by atoms with Crippen molar-refractivity contribution in [1.29, 1.82) is 0 Å². The maximum atomic E-state index is 13.3. The van der Waals surface area contributed by atoms with E-state index in [-0.39, 0.29) is 5.54 Å². The van der Waals surface area contributed by atoms with Gasteiger partial charge < -0.3 is 14.8 Å². The average Bonchev–Trinajstić information content (AvgIpc) is 2.77. The van der Waals surface area contributed by atoms with E-state index in [4.69, 9.17) is 9.47 Å². The zero-order valence-corrected chi connectivity index (χ0v) is 19.3. The van der Waals surface area contributed by atoms with Gasteiger partial charge in [0.1, 0.15) is 17.3 Å². The highest BCUT2D eigenvalue weighted by atomic mass is 19.4. The molecule has 0 bridgehead atoms. The molecular weight excluding hydrogens is 439 g/mol. The minimum Gasteiger partial charge on any atom is -0.496 e. The number of ether oxygens (including phenoxy) is 2. The highest BCUT2D eigenvalue weighted by molar-refractivity contribution is 6.01. The Hall–Kier alpha value is -3.67. The lowest BCUT2D eigenvalue weighted by Gasteiger charge is -2.35. The summed E-state index contributed by atoms with van der Waals surface area (Å²) in [5, 5.41) is 3.54. The monoisotopic (exact) mass is 463 g/mol. The maximum absolute atomic E-state index is 13.3. The molecule has 0 amide bonds. The Balaban J connectivity index is 1.78. The van der Waals surface area contributed by atoms with E-state index in [0.717, 1.165) is 45.6 Å². The summed E-state index contributed by atoms with van der Waals surface area (Å²) in [5.74, 6) is 1.75. The predicted octanol–water partition coefficient (Wildman–Crippen LogP) is 7.88.